The minimum Gasteiger partial charge on any atom is -0.463 e. The molecule has 2 aromatic rings. The van der Waals surface area contributed by atoms with Gasteiger partial charge in [0.05, 0.1) is 35.2 Å². The Morgan fingerprint density at radius 3 is 1.89 bits per heavy atom. The number of allylic oxidation sites excluding steroid dienone is 2. The van der Waals surface area contributed by atoms with E-state index in [4.69, 9.17) is 9.47 Å². The molecule has 3 rings (SSSR count). The van der Waals surface area contributed by atoms with Gasteiger partial charge in [-0.25, -0.2) is 9.59 Å². The maximum absolute atomic E-state index is 13.6. The van der Waals surface area contributed by atoms with Crippen LogP contribution in [0.1, 0.15) is 55.1 Å². The van der Waals surface area contributed by atoms with E-state index >= 15 is 0 Å². The Morgan fingerprint density at radius 1 is 0.889 bits per heavy atom. The SMILES string of the molecule is CCOC(=O)C1=C(C)N(C(=O)c2ccc(C)cc2)C(C)=C(C(=O)OCC)C1c1cccc([N+](=O)[O-])c1. The van der Waals surface area contributed by atoms with Crippen LogP contribution in [0.25, 0.3) is 0 Å². The third-order valence-corrected chi connectivity index (χ3v) is 5.93. The van der Waals surface area contributed by atoms with Gasteiger partial charge in [0.2, 0.25) is 0 Å². The predicted octanol–water partition coefficient (Wildman–Crippen LogP) is 4.82. The van der Waals surface area contributed by atoms with Crippen LogP contribution < -0.4 is 0 Å². The van der Waals surface area contributed by atoms with Crippen molar-refractivity contribution in [1.82, 2.24) is 4.90 Å². The minimum atomic E-state index is -1.04. The summed E-state index contributed by atoms with van der Waals surface area (Å²) in [5.41, 5.74) is 2.05. The van der Waals surface area contributed by atoms with E-state index in [1.54, 1.807) is 58.0 Å². The Balaban J connectivity index is 2.32. The molecule has 0 spiro atoms. The van der Waals surface area contributed by atoms with Crippen molar-refractivity contribution < 1.29 is 28.8 Å². The van der Waals surface area contributed by atoms with Gasteiger partial charge in [-0.3, -0.25) is 19.8 Å². The lowest BCUT2D eigenvalue weighted by atomic mass is 9.79. The fourth-order valence-corrected chi connectivity index (χ4v) is 4.28. The summed E-state index contributed by atoms with van der Waals surface area (Å²) in [6, 6.07) is 12.6. The van der Waals surface area contributed by atoms with E-state index in [-0.39, 0.29) is 41.4 Å². The Labute approximate surface area is 209 Å². The van der Waals surface area contributed by atoms with Crippen molar-refractivity contribution in [3.8, 4) is 0 Å². The lowest BCUT2D eigenvalue weighted by molar-refractivity contribution is -0.384. The van der Waals surface area contributed by atoms with Crippen LogP contribution in [0.3, 0.4) is 0 Å². The molecule has 1 amide bonds. The highest BCUT2D eigenvalue weighted by Gasteiger charge is 2.42. The standard InChI is InChI=1S/C27H28N2O7/c1-6-35-26(31)22-17(4)28(25(30)19-13-11-16(3)12-14-19)18(5)23(27(32)36-7-2)24(22)20-9-8-10-21(15-20)29(33)34/h8-15,24H,6-7H2,1-5H3. The first-order valence-electron chi connectivity index (χ1n) is 11.5. The first-order chi connectivity index (χ1) is 17.1. The van der Waals surface area contributed by atoms with Crippen molar-refractivity contribution in [1.29, 1.82) is 0 Å². The minimum absolute atomic E-state index is 0.0338. The predicted molar refractivity (Wildman–Crippen MR) is 132 cm³/mol. The normalized spacial score (nSPS) is 14.1. The number of non-ortho nitro benzene ring substituents is 1. The number of hydrogen-bond acceptors (Lipinski definition) is 7. The molecule has 0 unspecified atom stereocenters. The molecule has 36 heavy (non-hydrogen) atoms. The summed E-state index contributed by atoms with van der Waals surface area (Å²) in [6.45, 7) is 8.47. The van der Waals surface area contributed by atoms with Crippen molar-refractivity contribution in [2.45, 2.75) is 40.5 Å². The molecule has 188 valence electrons. The van der Waals surface area contributed by atoms with Crippen LogP contribution in [0.5, 0.6) is 0 Å². The van der Waals surface area contributed by atoms with E-state index in [9.17, 15) is 24.5 Å². The quantitative estimate of drug-likeness (QED) is 0.309. The maximum atomic E-state index is 13.6. The highest BCUT2D eigenvalue weighted by atomic mass is 16.6. The van der Waals surface area contributed by atoms with Gasteiger partial charge < -0.3 is 9.47 Å². The van der Waals surface area contributed by atoms with Gasteiger partial charge in [-0.2, -0.15) is 0 Å². The number of amides is 1. The first kappa shape index (κ1) is 26.3. The Hall–Kier alpha value is -4.27. The number of nitro benzene ring substituents is 1. The number of rotatable bonds is 7. The molecule has 0 bridgehead atoms. The number of carbonyl (C=O) groups is 3. The third kappa shape index (κ3) is 5.05. The number of benzene rings is 2. The summed E-state index contributed by atoms with van der Waals surface area (Å²) in [5, 5.41) is 11.5. The summed E-state index contributed by atoms with van der Waals surface area (Å²) in [6.07, 6.45) is 0. The van der Waals surface area contributed by atoms with Crippen molar-refractivity contribution in [3.05, 3.63) is 97.9 Å². The van der Waals surface area contributed by atoms with Crippen molar-refractivity contribution in [2.75, 3.05) is 13.2 Å². The van der Waals surface area contributed by atoms with E-state index in [0.717, 1.165) is 5.56 Å². The van der Waals surface area contributed by atoms with Gasteiger partial charge in [0.25, 0.3) is 11.6 Å². The zero-order valence-electron chi connectivity index (χ0n) is 20.9. The number of esters is 2. The molecule has 9 heteroatoms. The average molecular weight is 493 g/mol. The van der Waals surface area contributed by atoms with Crippen LogP contribution in [-0.4, -0.2) is 40.9 Å². The molecule has 2 aromatic carbocycles. The second kappa shape index (κ2) is 11.0. The van der Waals surface area contributed by atoms with E-state index < -0.39 is 28.7 Å². The molecule has 1 aliphatic heterocycles. The van der Waals surface area contributed by atoms with Gasteiger partial charge >= 0.3 is 11.9 Å². The van der Waals surface area contributed by atoms with Crippen molar-refractivity contribution >= 4 is 23.5 Å². The molecule has 0 atom stereocenters. The Kier molecular flexibility index (Phi) is 8.03. The topological polar surface area (TPSA) is 116 Å². The first-order valence-corrected chi connectivity index (χ1v) is 11.5. The van der Waals surface area contributed by atoms with Crippen LogP contribution in [0, 0.1) is 17.0 Å². The zero-order valence-corrected chi connectivity index (χ0v) is 20.9. The molecule has 0 aromatic heterocycles. The molecule has 0 N–H and O–H groups in total. The number of nitro groups is 1. The smallest absolute Gasteiger partial charge is 0.336 e. The van der Waals surface area contributed by atoms with E-state index in [2.05, 4.69) is 0 Å². The summed E-state index contributed by atoms with van der Waals surface area (Å²) >= 11 is 0. The molecule has 0 radical (unpaired) electrons. The molecular formula is C27H28N2O7. The summed E-state index contributed by atoms with van der Waals surface area (Å²) < 4.78 is 10.6. The zero-order chi connectivity index (χ0) is 26.6. The molecule has 1 aliphatic rings. The van der Waals surface area contributed by atoms with Crippen LogP contribution in [0.15, 0.2) is 71.1 Å². The van der Waals surface area contributed by atoms with E-state index in [0.29, 0.717) is 11.1 Å². The summed E-state index contributed by atoms with van der Waals surface area (Å²) in [7, 11) is 0. The van der Waals surface area contributed by atoms with Crippen LogP contribution in [0.2, 0.25) is 0 Å². The van der Waals surface area contributed by atoms with Gasteiger partial charge in [-0.05, 0) is 52.3 Å². The molecule has 1 heterocycles. The van der Waals surface area contributed by atoms with Gasteiger partial charge in [-0.15, -0.1) is 0 Å². The second-order valence-corrected chi connectivity index (χ2v) is 8.23. The number of aryl methyl sites for hydroxylation is 1. The molecule has 9 nitrogen and oxygen atoms in total. The molecular weight excluding hydrogens is 464 g/mol. The van der Waals surface area contributed by atoms with Crippen LogP contribution >= 0.6 is 0 Å². The van der Waals surface area contributed by atoms with Gasteiger partial charge in [0.1, 0.15) is 0 Å². The molecule has 0 saturated heterocycles. The Bertz CT molecular complexity index is 1230. The monoisotopic (exact) mass is 492 g/mol. The highest BCUT2D eigenvalue weighted by Crippen LogP contribution is 2.44. The van der Waals surface area contributed by atoms with Gasteiger partial charge in [-0.1, -0.05) is 29.8 Å². The fraction of sp³-hybridized carbons (Fsp3) is 0.296. The highest BCUT2D eigenvalue weighted by molar-refractivity contribution is 6.04. The average Bonchev–Trinajstić information content (AvgIpc) is 2.84. The lowest BCUT2D eigenvalue weighted by Crippen LogP contribution is -2.38. The molecule has 0 saturated carbocycles. The van der Waals surface area contributed by atoms with Crippen LogP contribution in [-0.2, 0) is 19.1 Å². The van der Waals surface area contributed by atoms with Crippen LogP contribution in [0.4, 0.5) is 5.69 Å². The Morgan fingerprint density at radius 2 is 1.42 bits per heavy atom. The number of nitrogens with zero attached hydrogens (tertiary/aromatic N) is 2. The van der Waals surface area contributed by atoms with Gasteiger partial charge in [0, 0.05) is 29.1 Å². The number of carbonyl (C=O) groups excluding carboxylic acids is 3. The fourth-order valence-electron chi connectivity index (χ4n) is 4.28. The second-order valence-electron chi connectivity index (χ2n) is 8.23. The number of hydrogen-bond donors (Lipinski definition) is 0. The summed E-state index contributed by atoms with van der Waals surface area (Å²) in [5.74, 6) is -2.94. The molecule has 0 aliphatic carbocycles. The largest absolute Gasteiger partial charge is 0.463 e. The third-order valence-electron chi connectivity index (χ3n) is 5.93. The number of ether oxygens (including phenoxy) is 2. The van der Waals surface area contributed by atoms with Crippen molar-refractivity contribution in [2.24, 2.45) is 0 Å². The van der Waals surface area contributed by atoms with Crippen molar-refractivity contribution in [3.63, 3.8) is 0 Å². The summed E-state index contributed by atoms with van der Waals surface area (Å²) in [4.78, 5) is 52.4. The molecule has 0 fully saturated rings. The lowest BCUT2D eigenvalue weighted by Gasteiger charge is -2.36. The maximum Gasteiger partial charge on any atom is 0.336 e. The van der Waals surface area contributed by atoms with E-state index in [1.807, 2.05) is 6.92 Å². The van der Waals surface area contributed by atoms with E-state index in [1.165, 1.54) is 23.1 Å². The van der Waals surface area contributed by atoms with Gasteiger partial charge in [0.15, 0.2) is 0 Å².